The molecule has 1 atom stereocenters. The van der Waals surface area contributed by atoms with Crippen LogP contribution in [0.2, 0.25) is 5.02 Å². The summed E-state index contributed by atoms with van der Waals surface area (Å²) in [6.45, 7) is 8.14. The minimum Gasteiger partial charge on any atom is -0.349 e. The molecule has 2 aromatic rings. The Kier molecular flexibility index (Phi) is 8.33. The van der Waals surface area contributed by atoms with Gasteiger partial charge in [-0.05, 0) is 62.4 Å². The summed E-state index contributed by atoms with van der Waals surface area (Å²) in [6, 6.07) is 11.4. The molecule has 0 aliphatic carbocycles. The van der Waals surface area contributed by atoms with E-state index in [1.807, 2.05) is 13.8 Å². The number of carbonyl (C=O) groups excluding carboxylic acids is 1. The Morgan fingerprint density at radius 2 is 1.87 bits per heavy atom. The zero-order valence-electron chi connectivity index (χ0n) is 18.3. The van der Waals surface area contributed by atoms with E-state index in [0.717, 1.165) is 17.5 Å². The smallest absolute Gasteiger partial charge is 0.232 e. The minimum absolute atomic E-state index is 0.0562. The van der Waals surface area contributed by atoms with Crippen LogP contribution < -0.4 is 9.62 Å². The van der Waals surface area contributed by atoms with Crippen LogP contribution in [-0.2, 0) is 14.8 Å². The fraction of sp³-hybridized carbons (Fsp3) is 0.435. The number of carbonyl (C=O) groups is 1. The lowest BCUT2D eigenvalue weighted by molar-refractivity contribution is -0.121. The van der Waals surface area contributed by atoms with Crippen molar-refractivity contribution in [3.8, 4) is 0 Å². The molecule has 2 rings (SSSR count). The van der Waals surface area contributed by atoms with Crippen molar-refractivity contribution < 1.29 is 13.2 Å². The second-order valence-corrected chi connectivity index (χ2v) is 10.0. The zero-order valence-corrected chi connectivity index (χ0v) is 19.9. The molecule has 0 aliphatic heterocycles. The summed E-state index contributed by atoms with van der Waals surface area (Å²) in [4.78, 5) is 12.6. The third-order valence-corrected chi connectivity index (χ3v) is 6.81. The topological polar surface area (TPSA) is 66.5 Å². The second kappa shape index (κ2) is 10.3. The molecule has 0 saturated heterocycles. The molecule has 0 aromatic heterocycles. The van der Waals surface area contributed by atoms with Crippen LogP contribution >= 0.6 is 11.6 Å². The van der Waals surface area contributed by atoms with E-state index in [1.54, 1.807) is 25.1 Å². The Morgan fingerprint density at radius 3 is 2.47 bits per heavy atom. The van der Waals surface area contributed by atoms with E-state index in [4.69, 9.17) is 11.6 Å². The van der Waals surface area contributed by atoms with Gasteiger partial charge in [-0.1, -0.05) is 48.4 Å². The summed E-state index contributed by atoms with van der Waals surface area (Å²) < 4.78 is 26.0. The maximum Gasteiger partial charge on any atom is 0.232 e. The lowest BCUT2D eigenvalue weighted by Crippen LogP contribution is -2.33. The lowest BCUT2D eigenvalue weighted by Gasteiger charge is -2.25. The number of halogens is 1. The average molecular weight is 451 g/mol. The predicted octanol–water partition coefficient (Wildman–Crippen LogP) is 5.08. The molecule has 0 fully saturated rings. The second-order valence-electron chi connectivity index (χ2n) is 7.71. The molecule has 7 heteroatoms. The fourth-order valence-electron chi connectivity index (χ4n) is 3.60. The predicted molar refractivity (Wildman–Crippen MR) is 125 cm³/mol. The van der Waals surface area contributed by atoms with Crippen molar-refractivity contribution in [1.29, 1.82) is 0 Å². The van der Waals surface area contributed by atoms with Crippen molar-refractivity contribution in [2.45, 2.75) is 53.0 Å². The largest absolute Gasteiger partial charge is 0.349 e. The van der Waals surface area contributed by atoms with Crippen molar-refractivity contribution in [1.82, 2.24) is 5.32 Å². The SMILES string of the molecule is CC[C@@H](NC(=O)CCCN(c1cccc(Cl)c1C)S(C)(=O)=O)c1ccc(C)cc1C. The van der Waals surface area contributed by atoms with Gasteiger partial charge in [-0.15, -0.1) is 0 Å². The molecule has 0 heterocycles. The Balaban J connectivity index is 2.04. The molecular weight excluding hydrogens is 420 g/mol. The number of amides is 1. The highest BCUT2D eigenvalue weighted by Gasteiger charge is 2.21. The van der Waals surface area contributed by atoms with Crippen LogP contribution in [0, 0.1) is 20.8 Å². The number of anilines is 1. The standard InChI is InChI=1S/C23H31ClN2O3S/c1-6-21(19-13-12-16(2)15-17(19)3)25-23(27)11-8-14-26(30(5,28)29)22-10-7-9-20(24)18(22)4/h7,9-10,12-13,15,21H,6,8,11,14H2,1-5H3,(H,25,27)/t21-/m1/s1. The highest BCUT2D eigenvalue weighted by atomic mass is 35.5. The molecule has 0 unspecified atom stereocenters. The number of nitrogens with one attached hydrogen (secondary N) is 1. The number of aryl methyl sites for hydroxylation is 2. The van der Waals surface area contributed by atoms with E-state index in [-0.39, 0.29) is 24.9 Å². The van der Waals surface area contributed by atoms with Crippen molar-refractivity contribution in [2.24, 2.45) is 0 Å². The van der Waals surface area contributed by atoms with Gasteiger partial charge in [-0.2, -0.15) is 0 Å². The van der Waals surface area contributed by atoms with Gasteiger partial charge in [-0.3, -0.25) is 9.10 Å². The van der Waals surface area contributed by atoms with Crippen LogP contribution in [0.25, 0.3) is 0 Å². The molecule has 164 valence electrons. The number of rotatable bonds is 9. The van der Waals surface area contributed by atoms with Gasteiger partial charge in [-0.25, -0.2) is 8.42 Å². The first-order valence-electron chi connectivity index (χ1n) is 10.1. The molecule has 0 bridgehead atoms. The lowest BCUT2D eigenvalue weighted by atomic mass is 9.97. The summed E-state index contributed by atoms with van der Waals surface area (Å²) in [5.41, 5.74) is 4.71. The fourth-order valence-corrected chi connectivity index (χ4v) is 4.78. The van der Waals surface area contributed by atoms with Crippen LogP contribution in [0.1, 0.15) is 54.5 Å². The van der Waals surface area contributed by atoms with E-state index >= 15 is 0 Å². The first-order valence-corrected chi connectivity index (χ1v) is 12.4. The first-order chi connectivity index (χ1) is 14.0. The molecule has 30 heavy (non-hydrogen) atoms. The van der Waals surface area contributed by atoms with Gasteiger partial charge in [0.15, 0.2) is 0 Å². The highest BCUT2D eigenvalue weighted by molar-refractivity contribution is 7.92. The summed E-state index contributed by atoms with van der Waals surface area (Å²) in [7, 11) is -3.49. The molecule has 2 aromatic carbocycles. The molecule has 5 nitrogen and oxygen atoms in total. The third-order valence-electron chi connectivity index (χ3n) is 5.22. The number of nitrogens with zero attached hydrogens (tertiary/aromatic N) is 1. The summed E-state index contributed by atoms with van der Waals surface area (Å²) in [5.74, 6) is -0.0851. The van der Waals surface area contributed by atoms with Crippen molar-refractivity contribution in [3.05, 3.63) is 63.7 Å². The van der Waals surface area contributed by atoms with Gasteiger partial charge in [0.05, 0.1) is 18.0 Å². The van der Waals surface area contributed by atoms with E-state index < -0.39 is 10.0 Å². The van der Waals surface area contributed by atoms with Gasteiger partial charge in [0, 0.05) is 18.0 Å². The monoisotopic (exact) mass is 450 g/mol. The van der Waals surface area contributed by atoms with Gasteiger partial charge >= 0.3 is 0 Å². The van der Waals surface area contributed by atoms with Gasteiger partial charge in [0.1, 0.15) is 0 Å². The molecule has 0 spiro atoms. The van der Waals surface area contributed by atoms with Gasteiger partial charge < -0.3 is 5.32 Å². The van der Waals surface area contributed by atoms with Crippen molar-refractivity contribution in [3.63, 3.8) is 0 Å². The van der Waals surface area contributed by atoms with Crippen LogP contribution in [0.4, 0.5) is 5.69 Å². The van der Waals surface area contributed by atoms with E-state index in [9.17, 15) is 13.2 Å². The van der Waals surface area contributed by atoms with E-state index in [0.29, 0.717) is 22.7 Å². The average Bonchev–Trinajstić information content (AvgIpc) is 2.65. The van der Waals surface area contributed by atoms with Gasteiger partial charge in [0.25, 0.3) is 0 Å². The maximum absolute atomic E-state index is 12.6. The molecule has 1 amide bonds. The minimum atomic E-state index is -3.49. The first kappa shape index (κ1) is 24.2. The maximum atomic E-state index is 12.6. The quantitative estimate of drug-likeness (QED) is 0.579. The van der Waals surface area contributed by atoms with E-state index in [1.165, 1.54) is 16.1 Å². The van der Waals surface area contributed by atoms with Gasteiger partial charge in [0.2, 0.25) is 15.9 Å². The van der Waals surface area contributed by atoms with Crippen LogP contribution in [0.15, 0.2) is 36.4 Å². The number of benzene rings is 2. The number of hydrogen-bond donors (Lipinski definition) is 1. The van der Waals surface area contributed by atoms with Crippen molar-refractivity contribution >= 4 is 33.2 Å². The van der Waals surface area contributed by atoms with Crippen LogP contribution in [0.3, 0.4) is 0 Å². The number of sulfonamides is 1. The molecular formula is C23H31ClN2O3S. The summed E-state index contributed by atoms with van der Waals surface area (Å²) >= 11 is 6.16. The van der Waals surface area contributed by atoms with E-state index in [2.05, 4.69) is 30.4 Å². The molecule has 1 N–H and O–H groups in total. The molecule has 0 saturated carbocycles. The Bertz CT molecular complexity index is 1010. The highest BCUT2D eigenvalue weighted by Crippen LogP contribution is 2.28. The van der Waals surface area contributed by atoms with Crippen LogP contribution in [-0.4, -0.2) is 27.1 Å². The number of hydrogen-bond acceptors (Lipinski definition) is 3. The third kappa shape index (κ3) is 6.22. The Hall–Kier alpha value is -2.05. The molecule has 0 aliphatic rings. The van der Waals surface area contributed by atoms with Crippen LogP contribution in [0.5, 0.6) is 0 Å². The Labute approximate surface area is 185 Å². The normalized spacial score (nSPS) is 12.5. The summed E-state index contributed by atoms with van der Waals surface area (Å²) in [5, 5.41) is 3.60. The summed E-state index contributed by atoms with van der Waals surface area (Å²) in [6.07, 6.45) is 2.61. The zero-order chi connectivity index (χ0) is 22.5. The Morgan fingerprint density at radius 1 is 1.17 bits per heavy atom. The molecule has 0 radical (unpaired) electrons. The van der Waals surface area contributed by atoms with Crippen molar-refractivity contribution in [2.75, 3.05) is 17.1 Å².